The molecule has 0 saturated carbocycles. The molecule has 1 N–H and O–H groups in total. The number of halogens is 2. The van der Waals surface area contributed by atoms with E-state index in [1.807, 2.05) is 48.5 Å². The summed E-state index contributed by atoms with van der Waals surface area (Å²) >= 11 is 0. The summed E-state index contributed by atoms with van der Waals surface area (Å²) in [7, 11) is 1.63. The number of anilines is 1. The number of allylic oxidation sites excluding steroid dienone is 1. The third kappa shape index (κ3) is 4.03. The molecule has 1 aromatic heterocycles. The van der Waals surface area contributed by atoms with E-state index in [-0.39, 0.29) is 17.5 Å². The molecule has 0 fully saturated rings. The average Bonchev–Trinajstić information content (AvgIpc) is 3.23. The van der Waals surface area contributed by atoms with E-state index in [2.05, 4.69) is 20.7 Å². The van der Waals surface area contributed by atoms with Gasteiger partial charge >= 0.3 is 6.61 Å². The number of nitrogens with zero attached hydrogens (tertiary/aromatic N) is 2. The quantitative estimate of drug-likeness (QED) is 0.359. The predicted octanol–water partition coefficient (Wildman–Crippen LogP) is 6.10. The van der Waals surface area contributed by atoms with Gasteiger partial charge in [-0.05, 0) is 72.7 Å². The Kier molecular flexibility index (Phi) is 5.79. The summed E-state index contributed by atoms with van der Waals surface area (Å²) in [5, 5.41) is 3.43. The highest BCUT2D eigenvalue weighted by Crippen LogP contribution is 2.40. The van der Waals surface area contributed by atoms with E-state index < -0.39 is 6.61 Å². The molecule has 1 unspecified atom stereocenters. The van der Waals surface area contributed by atoms with Crippen molar-refractivity contribution in [2.45, 2.75) is 19.6 Å². The summed E-state index contributed by atoms with van der Waals surface area (Å²) in [6.07, 6.45) is 2.08. The van der Waals surface area contributed by atoms with Crippen LogP contribution in [0.15, 0.2) is 72.8 Å². The van der Waals surface area contributed by atoms with Crippen molar-refractivity contribution in [1.29, 1.82) is 0 Å². The van der Waals surface area contributed by atoms with Crippen LogP contribution in [0.2, 0.25) is 0 Å². The summed E-state index contributed by atoms with van der Waals surface area (Å²) in [5.74, 6) is 1.72. The van der Waals surface area contributed by atoms with Gasteiger partial charge < -0.3 is 19.5 Å². The molecule has 3 aromatic carbocycles. The molecule has 0 amide bonds. The van der Waals surface area contributed by atoms with E-state index in [0.717, 1.165) is 33.6 Å². The molecule has 6 nitrogen and oxygen atoms in total. The molecule has 0 aliphatic carbocycles. The third-order valence-electron chi connectivity index (χ3n) is 5.67. The van der Waals surface area contributed by atoms with E-state index >= 15 is 0 Å². The van der Waals surface area contributed by atoms with Crippen molar-refractivity contribution in [2.75, 3.05) is 19.0 Å². The Labute approximate surface area is 195 Å². The fourth-order valence-electron chi connectivity index (χ4n) is 4.16. The van der Waals surface area contributed by atoms with Gasteiger partial charge in [0.25, 0.3) is 0 Å². The van der Waals surface area contributed by atoms with Crippen LogP contribution in [0.1, 0.15) is 24.1 Å². The molecule has 5 rings (SSSR count). The Morgan fingerprint density at radius 2 is 1.82 bits per heavy atom. The number of methoxy groups -OCH3 is 1. The van der Waals surface area contributed by atoms with Gasteiger partial charge in [0.05, 0.1) is 30.8 Å². The van der Waals surface area contributed by atoms with E-state index in [0.29, 0.717) is 12.6 Å². The van der Waals surface area contributed by atoms with Crippen molar-refractivity contribution >= 4 is 22.7 Å². The molecule has 4 aromatic rings. The Bertz CT molecular complexity index is 1350. The first-order valence-corrected chi connectivity index (χ1v) is 10.9. The zero-order valence-corrected chi connectivity index (χ0v) is 18.7. The van der Waals surface area contributed by atoms with Crippen LogP contribution in [-0.2, 0) is 0 Å². The van der Waals surface area contributed by atoms with Gasteiger partial charge in [0, 0.05) is 5.70 Å². The summed E-state index contributed by atoms with van der Waals surface area (Å²) in [4.78, 5) is 4.79. The molecule has 0 spiro atoms. The number of hydrogen-bond donors (Lipinski definition) is 1. The van der Waals surface area contributed by atoms with Crippen LogP contribution in [0, 0.1) is 0 Å². The van der Waals surface area contributed by atoms with Crippen molar-refractivity contribution in [3.8, 4) is 17.2 Å². The zero-order valence-electron chi connectivity index (χ0n) is 18.7. The maximum Gasteiger partial charge on any atom is 0.387 e. The molecule has 174 valence electrons. The number of nitrogens with one attached hydrogen (secondary N) is 1. The van der Waals surface area contributed by atoms with E-state index in [9.17, 15) is 8.78 Å². The summed E-state index contributed by atoms with van der Waals surface area (Å²) < 4.78 is 43.5. The molecule has 2 heterocycles. The molecule has 0 radical (unpaired) electrons. The van der Waals surface area contributed by atoms with Crippen molar-refractivity contribution in [3.63, 3.8) is 0 Å². The van der Waals surface area contributed by atoms with Crippen molar-refractivity contribution in [1.82, 2.24) is 9.55 Å². The van der Waals surface area contributed by atoms with Gasteiger partial charge in [0.15, 0.2) is 11.5 Å². The first-order valence-electron chi connectivity index (χ1n) is 10.9. The van der Waals surface area contributed by atoms with Crippen LogP contribution in [-0.4, -0.2) is 29.9 Å². The van der Waals surface area contributed by atoms with Crippen molar-refractivity contribution < 1.29 is 23.0 Å². The monoisotopic (exact) mass is 463 g/mol. The molecule has 8 heteroatoms. The highest BCUT2D eigenvalue weighted by molar-refractivity contribution is 5.85. The molecule has 1 aliphatic rings. The lowest BCUT2D eigenvalue weighted by Gasteiger charge is -2.27. The first-order chi connectivity index (χ1) is 16.6. The van der Waals surface area contributed by atoms with Gasteiger partial charge in [-0.3, -0.25) is 4.57 Å². The fraction of sp³-hybridized carbons (Fsp3) is 0.192. The van der Waals surface area contributed by atoms with Crippen molar-refractivity contribution in [3.05, 3.63) is 83.9 Å². The minimum Gasteiger partial charge on any atom is -0.497 e. The van der Waals surface area contributed by atoms with Crippen LogP contribution < -0.4 is 19.5 Å². The standard InChI is InChI=1S/C26H23F2N3O3/c1-3-33-24-14-17(10-13-23(24)34-25(27)28)22-15-20(16-8-11-18(32-2)12-9-16)30-26-29-19-6-4-5-7-21(19)31(22)26/h4-15,22,25H,3H2,1-2H3,(H,29,30). The van der Waals surface area contributed by atoms with Gasteiger partial charge in [-0.25, -0.2) is 4.98 Å². The molecular formula is C26H23F2N3O3. The number of aromatic nitrogens is 2. The topological polar surface area (TPSA) is 57.5 Å². The first kappa shape index (κ1) is 21.8. The largest absolute Gasteiger partial charge is 0.497 e. The molecule has 0 bridgehead atoms. The van der Waals surface area contributed by atoms with Gasteiger partial charge in [-0.1, -0.05) is 18.2 Å². The highest BCUT2D eigenvalue weighted by Gasteiger charge is 2.26. The lowest BCUT2D eigenvalue weighted by Crippen LogP contribution is -2.19. The number of benzene rings is 3. The number of alkyl halides is 2. The smallest absolute Gasteiger partial charge is 0.387 e. The molecule has 0 saturated heterocycles. The Morgan fingerprint density at radius 1 is 1.03 bits per heavy atom. The maximum atomic E-state index is 12.9. The molecule has 34 heavy (non-hydrogen) atoms. The fourth-order valence-corrected chi connectivity index (χ4v) is 4.16. The second kappa shape index (κ2) is 9.05. The lowest BCUT2D eigenvalue weighted by atomic mass is 10.0. The van der Waals surface area contributed by atoms with Crippen LogP contribution in [0.4, 0.5) is 14.7 Å². The predicted molar refractivity (Wildman–Crippen MR) is 127 cm³/mol. The summed E-state index contributed by atoms with van der Waals surface area (Å²) in [6, 6.07) is 20.4. The number of rotatable bonds is 7. The maximum absolute atomic E-state index is 12.9. The molecule has 1 atom stereocenters. The van der Waals surface area contributed by atoms with E-state index in [1.165, 1.54) is 6.07 Å². The van der Waals surface area contributed by atoms with Gasteiger partial charge in [-0.15, -0.1) is 0 Å². The highest BCUT2D eigenvalue weighted by atomic mass is 19.3. The summed E-state index contributed by atoms with van der Waals surface area (Å²) in [6.45, 7) is -0.816. The Balaban J connectivity index is 1.65. The minimum absolute atomic E-state index is 0.00426. The molecule has 1 aliphatic heterocycles. The lowest BCUT2D eigenvalue weighted by molar-refractivity contribution is -0.0514. The van der Waals surface area contributed by atoms with Crippen LogP contribution in [0.25, 0.3) is 16.7 Å². The van der Waals surface area contributed by atoms with Crippen molar-refractivity contribution in [2.24, 2.45) is 0 Å². The van der Waals surface area contributed by atoms with Gasteiger partial charge in [0.1, 0.15) is 5.75 Å². The number of para-hydroxylation sites is 2. The van der Waals surface area contributed by atoms with E-state index in [1.54, 1.807) is 26.2 Å². The zero-order chi connectivity index (χ0) is 23.7. The number of ether oxygens (including phenoxy) is 3. The second-order valence-corrected chi connectivity index (χ2v) is 7.69. The van der Waals surface area contributed by atoms with Gasteiger partial charge in [-0.2, -0.15) is 8.78 Å². The van der Waals surface area contributed by atoms with Crippen LogP contribution in [0.5, 0.6) is 17.2 Å². The normalized spacial score (nSPS) is 15.0. The minimum atomic E-state index is -2.94. The average molecular weight is 463 g/mol. The number of fused-ring (bicyclic) bond motifs is 3. The van der Waals surface area contributed by atoms with Crippen LogP contribution >= 0.6 is 0 Å². The second-order valence-electron chi connectivity index (χ2n) is 7.69. The molecular weight excluding hydrogens is 440 g/mol. The van der Waals surface area contributed by atoms with Crippen LogP contribution in [0.3, 0.4) is 0 Å². The number of hydrogen-bond acceptors (Lipinski definition) is 5. The summed E-state index contributed by atoms with van der Waals surface area (Å²) in [5.41, 5.74) is 4.49. The Morgan fingerprint density at radius 3 is 2.56 bits per heavy atom. The Hall–Kier alpha value is -4.07. The number of imidazole rings is 1. The SMILES string of the molecule is CCOc1cc(C2C=C(c3ccc(OC)cc3)Nc3nc4ccccc4n32)ccc1OC(F)F. The third-order valence-corrected chi connectivity index (χ3v) is 5.67. The van der Waals surface area contributed by atoms with E-state index in [4.69, 9.17) is 14.5 Å². The van der Waals surface area contributed by atoms with Gasteiger partial charge in [0.2, 0.25) is 5.95 Å².